The Labute approximate surface area is 148 Å². The van der Waals surface area contributed by atoms with Crippen molar-refractivity contribution in [2.75, 3.05) is 6.61 Å². The molecule has 4 rings (SSSR count). The monoisotopic (exact) mass is 324 g/mol. The first-order valence-corrected chi connectivity index (χ1v) is 8.62. The largest absolute Gasteiger partial charge is 0.492 e. The van der Waals surface area contributed by atoms with E-state index in [9.17, 15) is 0 Å². The summed E-state index contributed by atoms with van der Waals surface area (Å²) in [6, 6.07) is 25.1. The van der Waals surface area contributed by atoms with Crippen LogP contribution in [0.5, 0.6) is 5.75 Å². The molecule has 0 radical (unpaired) electrons. The van der Waals surface area contributed by atoms with Crippen molar-refractivity contribution in [2.24, 2.45) is 0 Å². The normalized spacial score (nSPS) is 14.0. The molecule has 0 N–H and O–H groups in total. The molecule has 0 fully saturated rings. The summed E-state index contributed by atoms with van der Waals surface area (Å²) < 4.78 is 6.25. The number of allylic oxidation sites excluding steroid dienone is 5. The maximum Gasteiger partial charge on any atom is 0.127 e. The molecule has 25 heavy (non-hydrogen) atoms. The van der Waals surface area contributed by atoms with Crippen molar-refractivity contribution in [3.05, 3.63) is 114 Å². The minimum Gasteiger partial charge on any atom is -0.492 e. The predicted octanol–water partition coefficient (Wildman–Crippen LogP) is 6.05. The summed E-state index contributed by atoms with van der Waals surface area (Å²) >= 11 is 0. The van der Waals surface area contributed by atoms with Crippen LogP contribution < -0.4 is 4.74 Å². The van der Waals surface area contributed by atoms with Crippen LogP contribution in [-0.2, 0) is 0 Å². The Morgan fingerprint density at radius 1 is 0.760 bits per heavy atom. The summed E-state index contributed by atoms with van der Waals surface area (Å²) in [6.45, 7) is 0.614. The molecule has 3 aromatic carbocycles. The van der Waals surface area contributed by atoms with E-state index in [0.29, 0.717) is 6.61 Å². The predicted molar refractivity (Wildman–Crippen MR) is 105 cm³/mol. The van der Waals surface area contributed by atoms with Crippen LogP contribution >= 0.6 is 0 Å². The summed E-state index contributed by atoms with van der Waals surface area (Å²) in [5.74, 6) is 1.15. The lowest BCUT2D eigenvalue weighted by molar-refractivity contribution is 0.309. The Bertz CT molecular complexity index is 929. The van der Waals surface area contributed by atoms with Gasteiger partial charge in [-0.25, -0.2) is 0 Å². The van der Waals surface area contributed by atoms with Crippen LogP contribution in [0.1, 0.15) is 11.5 Å². The molecule has 0 bridgehead atoms. The summed E-state index contributed by atoms with van der Waals surface area (Å²) in [4.78, 5) is 0. The van der Waals surface area contributed by atoms with Crippen molar-refractivity contribution >= 4 is 10.8 Å². The molecule has 1 heteroatoms. The fourth-order valence-electron chi connectivity index (χ4n) is 3.17. The third-order valence-corrected chi connectivity index (χ3v) is 4.48. The number of fused-ring (bicyclic) bond motifs is 1. The highest BCUT2D eigenvalue weighted by Gasteiger charge is 2.12. The van der Waals surface area contributed by atoms with Crippen LogP contribution in [0, 0.1) is 0 Å². The van der Waals surface area contributed by atoms with E-state index in [0.717, 1.165) is 11.1 Å². The van der Waals surface area contributed by atoms with Crippen LogP contribution in [0.2, 0.25) is 0 Å². The molecule has 3 aromatic rings. The van der Waals surface area contributed by atoms with Gasteiger partial charge in [0.05, 0.1) is 6.61 Å². The molecular weight excluding hydrogens is 304 g/mol. The van der Waals surface area contributed by atoms with Gasteiger partial charge in [-0.3, -0.25) is 0 Å². The third kappa shape index (κ3) is 3.56. The van der Waals surface area contributed by atoms with Gasteiger partial charge in [0.15, 0.2) is 0 Å². The molecule has 122 valence electrons. The lowest BCUT2D eigenvalue weighted by Crippen LogP contribution is -2.09. The minimum atomic E-state index is 0.211. The summed E-state index contributed by atoms with van der Waals surface area (Å²) in [5, 5.41) is 2.36. The van der Waals surface area contributed by atoms with Crippen molar-refractivity contribution in [3.8, 4) is 5.75 Å². The molecule has 0 aromatic heterocycles. The first kappa shape index (κ1) is 15.5. The van der Waals surface area contributed by atoms with E-state index >= 15 is 0 Å². The molecule has 0 amide bonds. The molecular formula is C24H20O. The SMILES string of the molecule is C1=CC(=CC(COc2cccc3ccccc23)c2ccccc2)C=C1. The van der Waals surface area contributed by atoms with Gasteiger partial charge in [-0.2, -0.15) is 0 Å². The van der Waals surface area contributed by atoms with E-state index in [1.165, 1.54) is 16.5 Å². The van der Waals surface area contributed by atoms with Gasteiger partial charge in [0.1, 0.15) is 5.75 Å². The second-order valence-corrected chi connectivity index (χ2v) is 6.19. The Morgan fingerprint density at radius 3 is 2.32 bits per heavy atom. The summed E-state index contributed by atoms with van der Waals surface area (Å²) in [5.41, 5.74) is 2.50. The Balaban J connectivity index is 1.61. The third-order valence-electron chi connectivity index (χ3n) is 4.48. The van der Waals surface area contributed by atoms with Gasteiger partial charge >= 0.3 is 0 Å². The number of hydrogen-bond donors (Lipinski definition) is 0. The first-order valence-electron chi connectivity index (χ1n) is 8.62. The van der Waals surface area contributed by atoms with E-state index in [1.807, 2.05) is 6.07 Å². The van der Waals surface area contributed by atoms with Crippen LogP contribution in [0.3, 0.4) is 0 Å². The fourth-order valence-corrected chi connectivity index (χ4v) is 3.17. The van der Waals surface area contributed by atoms with E-state index in [1.54, 1.807) is 0 Å². The second-order valence-electron chi connectivity index (χ2n) is 6.19. The first-order chi connectivity index (χ1) is 12.4. The highest BCUT2D eigenvalue weighted by atomic mass is 16.5. The van der Waals surface area contributed by atoms with Gasteiger partial charge in [0.25, 0.3) is 0 Å². The molecule has 0 spiro atoms. The Kier molecular flexibility index (Phi) is 4.47. The second kappa shape index (κ2) is 7.23. The van der Waals surface area contributed by atoms with Crippen molar-refractivity contribution in [1.82, 2.24) is 0 Å². The average molecular weight is 324 g/mol. The van der Waals surface area contributed by atoms with Gasteiger partial charge in [-0.05, 0) is 22.6 Å². The van der Waals surface area contributed by atoms with Gasteiger partial charge in [0, 0.05) is 11.3 Å². The molecule has 1 aliphatic rings. The zero-order valence-electron chi connectivity index (χ0n) is 14.0. The summed E-state index contributed by atoms with van der Waals surface area (Å²) in [7, 11) is 0. The smallest absolute Gasteiger partial charge is 0.127 e. The summed E-state index contributed by atoms with van der Waals surface area (Å²) in [6.07, 6.45) is 10.7. The molecule has 0 saturated heterocycles. The lowest BCUT2D eigenvalue weighted by atomic mass is 9.97. The zero-order chi connectivity index (χ0) is 16.9. The number of rotatable bonds is 5. The van der Waals surface area contributed by atoms with E-state index < -0.39 is 0 Å². The van der Waals surface area contributed by atoms with E-state index in [4.69, 9.17) is 4.74 Å². The van der Waals surface area contributed by atoms with Crippen molar-refractivity contribution in [2.45, 2.75) is 5.92 Å². The Morgan fingerprint density at radius 2 is 1.48 bits per heavy atom. The van der Waals surface area contributed by atoms with Crippen molar-refractivity contribution in [3.63, 3.8) is 0 Å². The Hall–Kier alpha value is -3.06. The standard InChI is InChI=1S/C24H20O/c1-2-11-20(12-3-1)22(17-19-9-4-5-10-19)18-25-24-16-8-14-21-13-6-7-15-23(21)24/h1-17,22H,18H2. The molecule has 0 saturated carbocycles. The van der Waals surface area contributed by atoms with Crippen LogP contribution in [0.4, 0.5) is 0 Å². The minimum absolute atomic E-state index is 0.211. The number of benzene rings is 3. The number of hydrogen-bond acceptors (Lipinski definition) is 1. The van der Waals surface area contributed by atoms with Crippen LogP contribution in [-0.4, -0.2) is 6.61 Å². The average Bonchev–Trinajstić information content (AvgIpc) is 3.19. The lowest BCUT2D eigenvalue weighted by Gasteiger charge is -2.17. The van der Waals surface area contributed by atoms with E-state index in [2.05, 4.69) is 97.1 Å². The fraction of sp³-hybridized carbons (Fsp3) is 0.0833. The van der Waals surface area contributed by atoms with Gasteiger partial charge in [-0.15, -0.1) is 0 Å². The molecule has 1 atom stereocenters. The topological polar surface area (TPSA) is 9.23 Å². The van der Waals surface area contributed by atoms with Crippen molar-refractivity contribution in [1.29, 1.82) is 0 Å². The zero-order valence-corrected chi connectivity index (χ0v) is 14.0. The van der Waals surface area contributed by atoms with Crippen molar-refractivity contribution < 1.29 is 4.74 Å². The maximum absolute atomic E-state index is 6.25. The van der Waals surface area contributed by atoms with Crippen LogP contribution in [0.15, 0.2) is 109 Å². The molecule has 1 unspecified atom stereocenters. The highest BCUT2D eigenvalue weighted by molar-refractivity contribution is 5.88. The van der Waals surface area contributed by atoms with Gasteiger partial charge < -0.3 is 4.74 Å². The molecule has 1 nitrogen and oxygen atoms in total. The highest BCUT2D eigenvalue weighted by Crippen LogP contribution is 2.28. The number of ether oxygens (including phenoxy) is 1. The van der Waals surface area contributed by atoms with Crippen LogP contribution in [0.25, 0.3) is 10.8 Å². The van der Waals surface area contributed by atoms with E-state index in [-0.39, 0.29) is 5.92 Å². The molecule has 0 heterocycles. The van der Waals surface area contributed by atoms with Gasteiger partial charge in [-0.1, -0.05) is 97.1 Å². The maximum atomic E-state index is 6.25. The molecule has 1 aliphatic carbocycles. The van der Waals surface area contributed by atoms with Gasteiger partial charge in [0.2, 0.25) is 0 Å². The molecule has 0 aliphatic heterocycles. The quantitative estimate of drug-likeness (QED) is 0.554.